The van der Waals surface area contributed by atoms with Crippen molar-refractivity contribution in [3.05, 3.63) is 87.6 Å². The van der Waals surface area contributed by atoms with Crippen LogP contribution in [0.25, 0.3) is 11.3 Å². The van der Waals surface area contributed by atoms with Crippen LogP contribution in [-0.4, -0.2) is 20.8 Å². The van der Waals surface area contributed by atoms with Gasteiger partial charge in [-0.25, -0.2) is 4.39 Å². The summed E-state index contributed by atoms with van der Waals surface area (Å²) in [6.07, 6.45) is 0. The van der Waals surface area contributed by atoms with Gasteiger partial charge in [0.25, 0.3) is 5.91 Å². The summed E-state index contributed by atoms with van der Waals surface area (Å²) in [6.45, 7) is 5.71. The van der Waals surface area contributed by atoms with Crippen LogP contribution in [0.4, 0.5) is 10.1 Å². The molecule has 0 saturated carbocycles. The average Bonchev–Trinajstić information content (AvgIpc) is 3.32. The van der Waals surface area contributed by atoms with Crippen molar-refractivity contribution in [2.75, 3.05) is 5.32 Å². The lowest BCUT2D eigenvalue weighted by Gasteiger charge is -2.08. The van der Waals surface area contributed by atoms with Crippen molar-refractivity contribution in [2.45, 2.75) is 27.3 Å². The molecular weight excluding hydrogens is 419 g/mol. The molecule has 0 radical (unpaired) electrons. The van der Waals surface area contributed by atoms with E-state index in [1.54, 1.807) is 36.7 Å². The predicted octanol–water partition coefficient (Wildman–Crippen LogP) is 5.56. The molecule has 0 atom stereocenters. The number of nitrogens with zero attached hydrogens (tertiary/aromatic N) is 3. The summed E-state index contributed by atoms with van der Waals surface area (Å²) >= 11 is 6.13. The molecule has 0 unspecified atom stereocenters. The number of hydrogen-bond acceptors (Lipinski definition) is 4. The minimum atomic E-state index is -0.420. The van der Waals surface area contributed by atoms with Gasteiger partial charge in [0.2, 0.25) is 0 Å². The third kappa shape index (κ3) is 4.22. The van der Waals surface area contributed by atoms with Crippen molar-refractivity contribution in [1.29, 1.82) is 0 Å². The Morgan fingerprint density at radius 1 is 1.16 bits per heavy atom. The lowest BCUT2D eigenvalue weighted by atomic mass is 10.1. The van der Waals surface area contributed by atoms with E-state index >= 15 is 0 Å². The number of nitrogens with one attached hydrogen (secondary N) is 1. The Labute approximate surface area is 183 Å². The molecule has 6 nitrogen and oxygen atoms in total. The van der Waals surface area contributed by atoms with E-state index in [-0.39, 0.29) is 12.2 Å². The smallest absolute Gasteiger partial charge is 0.277 e. The van der Waals surface area contributed by atoms with Crippen LogP contribution in [0.5, 0.6) is 0 Å². The molecule has 158 valence electrons. The highest BCUT2D eigenvalue weighted by molar-refractivity contribution is 6.31. The van der Waals surface area contributed by atoms with E-state index in [1.165, 1.54) is 6.07 Å². The van der Waals surface area contributed by atoms with Gasteiger partial charge < -0.3 is 9.84 Å². The molecule has 2 aromatic carbocycles. The molecule has 0 aliphatic rings. The first-order chi connectivity index (χ1) is 14.8. The van der Waals surface area contributed by atoms with Crippen LogP contribution in [0.15, 0.2) is 53.1 Å². The maximum atomic E-state index is 14.2. The van der Waals surface area contributed by atoms with Gasteiger partial charge in [-0.15, -0.1) is 0 Å². The molecule has 0 aliphatic heterocycles. The monoisotopic (exact) mass is 438 g/mol. The Morgan fingerprint density at radius 2 is 1.90 bits per heavy atom. The molecule has 0 spiro atoms. The number of carbonyl (C=O) groups is 1. The van der Waals surface area contributed by atoms with Gasteiger partial charge in [0.05, 0.1) is 23.6 Å². The zero-order valence-electron chi connectivity index (χ0n) is 17.2. The van der Waals surface area contributed by atoms with Crippen LogP contribution < -0.4 is 5.32 Å². The van der Waals surface area contributed by atoms with Crippen molar-refractivity contribution in [1.82, 2.24) is 14.9 Å². The van der Waals surface area contributed by atoms with Gasteiger partial charge in [-0.3, -0.25) is 9.48 Å². The summed E-state index contributed by atoms with van der Waals surface area (Å²) in [4.78, 5) is 12.7. The molecule has 2 aromatic heterocycles. The molecule has 0 saturated heterocycles. The van der Waals surface area contributed by atoms with Gasteiger partial charge >= 0.3 is 0 Å². The molecule has 0 fully saturated rings. The second kappa shape index (κ2) is 8.35. The normalized spacial score (nSPS) is 11.0. The molecule has 31 heavy (non-hydrogen) atoms. The minimum Gasteiger partial charge on any atom is -0.355 e. The highest BCUT2D eigenvalue weighted by Gasteiger charge is 2.20. The Kier molecular flexibility index (Phi) is 5.61. The fourth-order valence-electron chi connectivity index (χ4n) is 3.28. The van der Waals surface area contributed by atoms with E-state index in [0.29, 0.717) is 33.4 Å². The van der Waals surface area contributed by atoms with E-state index in [4.69, 9.17) is 16.1 Å². The fourth-order valence-corrected chi connectivity index (χ4v) is 3.50. The van der Waals surface area contributed by atoms with Gasteiger partial charge in [0, 0.05) is 22.2 Å². The Balaban J connectivity index is 1.55. The third-order valence-electron chi connectivity index (χ3n) is 5.07. The average molecular weight is 439 g/mol. The van der Waals surface area contributed by atoms with E-state index in [2.05, 4.69) is 15.6 Å². The van der Waals surface area contributed by atoms with Crippen molar-refractivity contribution in [3.63, 3.8) is 0 Å². The number of aryl methyl sites for hydroxylation is 2. The van der Waals surface area contributed by atoms with Crippen LogP contribution in [0.2, 0.25) is 5.02 Å². The van der Waals surface area contributed by atoms with E-state index in [1.807, 2.05) is 31.2 Å². The summed E-state index contributed by atoms with van der Waals surface area (Å²) < 4.78 is 21.1. The van der Waals surface area contributed by atoms with Crippen molar-refractivity contribution in [2.24, 2.45) is 0 Å². The second-order valence-electron chi connectivity index (χ2n) is 7.30. The molecule has 0 aliphatic carbocycles. The SMILES string of the molecule is Cc1ccc(-c2cc(C(=O)Nc3c(C)nn(Cc4c(F)cccc4Cl)c3C)no2)cc1. The number of anilines is 1. The van der Waals surface area contributed by atoms with Gasteiger partial charge in [-0.2, -0.15) is 5.10 Å². The molecule has 8 heteroatoms. The van der Waals surface area contributed by atoms with Crippen molar-refractivity contribution >= 4 is 23.2 Å². The number of halogens is 2. The predicted molar refractivity (Wildman–Crippen MR) is 117 cm³/mol. The molecule has 0 bridgehead atoms. The van der Waals surface area contributed by atoms with E-state index in [0.717, 1.165) is 11.1 Å². The number of carbonyl (C=O) groups excluding carboxylic acids is 1. The van der Waals surface area contributed by atoms with Crippen molar-refractivity contribution < 1.29 is 13.7 Å². The highest BCUT2D eigenvalue weighted by atomic mass is 35.5. The van der Waals surface area contributed by atoms with E-state index < -0.39 is 11.7 Å². The van der Waals surface area contributed by atoms with Crippen LogP contribution in [0.1, 0.15) is 33.0 Å². The number of amides is 1. The van der Waals surface area contributed by atoms with Crippen LogP contribution in [-0.2, 0) is 6.54 Å². The largest absolute Gasteiger partial charge is 0.355 e. The maximum Gasteiger partial charge on any atom is 0.277 e. The van der Waals surface area contributed by atoms with Crippen LogP contribution in [0, 0.1) is 26.6 Å². The van der Waals surface area contributed by atoms with Crippen LogP contribution >= 0.6 is 11.6 Å². The summed E-state index contributed by atoms with van der Waals surface area (Å²) in [5.74, 6) is -0.322. The molecule has 1 N–H and O–H groups in total. The molecule has 4 aromatic rings. The van der Waals surface area contributed by atoms with Gasteiger partial charge in [-0.1, -0.05) is 52.7 Å². The minimum absolute atomic E-state index is 0.148. The van der Waals surface area contributed by atoms with Gasteiger partial charge in [-0.05, 0) is 32.9 Å². The summed E-state index contributed by atoms with van der Waals surface area (Å²) in [5, 5.41) is 11.5. The zero-order chi connectivity index (χ0) is 22.1. The zero-order valence-corrected chi connectivity index (χ0v) is 18.0. The molecule has 1 amide bonds. The van der Waals surface area contributed by atoms with E-state index in [9.17, 15) is 9.18 Å². The quantitative estimate of drug-likeness (QED) is 0.443. The number of benzene rings is 2. The van der Waals surface area contributed by atoms with Gasteiger partial charge in [0.1, 0.15) is 5.82 Å². The summed E-state index contributed by atoms with van der Waals surface area (Å²) in [6, 6.07) is 13.9. The lowest BCUT2D eigenvalue weighted by molar-refractivity contribution is 0.101. The fraction of sp³-hybridized carbons (Fsp3) is 0.174. The number of rotatable bonds is 5. The first kappa shape index (κ1) is 20.8. The molecular formula is C23H20ClFN4O2. The Bertz CT molecular complexity index is 1240. The highest BCUT2D eigenvalue weighted by Crippen LogP contribution is 2.26. The summed E-state index contributed by atoms with van der Waals surface area (Å²) in [7, 11) is 0. The third-order valence-corrected chi connectivity index (χ3v) is 5.42. The van der Waals surface area contributed by atoms with Crippen molar-refractivity contribution in [3.8, 4) is 11.3 Å². The van der Waals surface area contributed by atoms with Crippen LogP contribution in [0.3, 0.4) is 0 Å². The standard InChI is InChI=1S/C23H20ClFN4O2/c1-13-7-9-16(10-8-13)21-11-20(28-31-21)23(30)26-22-14(2)27-29(15(22)3)12-17-18(24)5-4-6-19(17)25/h4-11H,12H2,1-3H3,(H,26,30). The molecule has 2 heterocycles. The Morgan fingerprint density at radius 3 is 2.61 bits per heavy atom. The lowest BCUT2D eigenvalue weighted by Crippen LogP contribution is -2.14. The Hall–Kier alpha value is -3.45. The first-order valence-electron chi connectivity index (χ1n) is 9.65. The first-order valence-corrected chi connectivity index (χ1v) is 10.0. The second-order valence-corrected chi connectivity index (χ2v) is 7.71. The van der Waals surface area contributed by atoms with Gasteiger partial charge in [0.15, 0.2) is 11.5 Å². The topological polar surface area (TPSA) is 73.0 Å². The summed E-state index contributed by atoms with van der Waals surface area (Å²) in [5.41, 5.74) is 4.26. The number of hydrogen-bond donors (Lipinski definition) is 1. The number of aromatic nitrogens is 3. The maximum absolute atomic E-state index is 14.2. The molecule has 4 rings (SSSR count).